The molecule has 122 valence electrons. The number of benzene rings is 4. The molecule has 0 N–H and O–H groups in total. The standard InChI is InChI=1S/C23H14N2S/c24-15-18-9-3-4-10-19(18)25-20-11-5-6-12-22(20)26-23-14-17-8-2-1-7-16(17)13-21(23)25/h1-14H. The quantitative estimate of drug-likeness (QED) is 0.339. The van der Waals surface area contributed by atoms with Crippen LogP contribution in [0.2, 0.25) is 0 Å². The average Bonchev–Trinajstić information content (AvgIpc) is 2.70. The zero-order chi connectivity index (χ0) is 17.5. The van der Waals surface area contributed by atoms with Crippen LogP contribution in [0.5, 0.6) is 0 Å². The summed E-state index contributed by atoms with van der Waals surface area (Å²) < 4.78 is 0. The van der Waals surface area contributed by atoms with Gasteiger partial charge in [-0.2, -0.15) is 5.26 Å². The summed E-state index contributed by atoms with van der Waals surface area (Å²) in [5.41, 5.74) is 3.82. The lowest BCUT2D eigenvalue weighted by molar-refractivity contribution is 1.17. The van der Waals surface area contributed by atoms with Gasteiger partial charge in [0.2, 0.25) is 0 Å². The number of anilines is 3. The summed E-state index contributed by atoms with van der Waals surface area (Å²) in [7, 11) is 0. The molecule has 26 heavy (non-hydrogen) atoms. The van der Waals surface area contributed by atoms with Gasteiger partial charge in [0.1, 0.15) is 6.07 Å². The molecule has 0 saturated carbocycles. The Morgan fingerprint density at radius 1 is 0.654 bits per heavy atom. The van der Waals surface area contributed by atoms with Gasteiger partial charge in [-0.1, -0.05) is 60.3 Å². The first-order valence-corrected chi connectivity index (χ1v) is 9.26. The zero-order valence-electron chi connectivity index (χ0n) is 13.9. The van der Waals surface area contributed by atoms with Crippen LogP contribution < -0.4 is 4.90 Å². The zero-order valence-corrected chi connectivity index (χ0v) is 14.7. The lowest BCUT2D eigenvalue weighted by Crippen LogP contribution is -2.15. The maximum Gasteiger partial charge on any atom is 0.101 e. The average molecular weight is 350 g/mol. The van der Waals surface area contributed by atoms with E-state index in [1.165, 1.54) is 20.6 Å². The molecular weight excluding hydrogens is 336 g/mol. The van der Waals surface area contributed by atoms with Gasteiger partial charge in [-0.3, -0.25) is 0 Å². The van der Waals surface area contributed by atoms with Crippen molar-refractivity contribution in [3.8, 4) is 6.07 Å². The molecule has 5 rings (SSSR count). The maximum atomic E-state index is 9.63. The van der Waals surface area contributed by atoms with Gasteiger partial charge >= 0.3 is 0 Å². The largest absolute Gasteiger partial charge is 0.307 e. The summed E-state index contributed by atoms with van der Waals surface area (Å²) in [5, 5.41) is 12.1. The molecule has 4 aromatic carbocycles. The van der Waals surface area contributed by atoms with E-state index in [-0.39, 0.29) is 0 Å². The molecule has 0 radical (unpaired) electrons. The molecule has 0 atom stereocenters. The fourth-order valence-corrected chi connectivity index (χ4v) is 4.55. The molecule has 1 aliphatic heterocycles. The maximum absolute atomic E-state index is 9.63. The second-order valence-corrected chi connectivity index (χ2v) is 7.29. The van der Waals surface area contributed by atoms with Gasteiger partial charge in [-0.15, -0.1) is 0 Å². The fraction of sp³-hybridized carbons (Fsp3) is 0. The van der Waals surface area contributed by atoms with Crippen molar-refractivity contribution >= 4 is 39.6 Å². The van der Waals surface area contributed by atoms with E-state index < -0.39 is 0 Å². The van der Waals surface area contributed by atoms with Gasteiger partial charge in [0.15, 0.2) is 0 Å². The number of rotatable bonds is 1. The molecular formula is C23H14N2S. The summed E-state index contributed by atoms with van der Waals surface area (Å²) >= 11 is 1.78. The lowest BCUT2D eigenvalue weighted by atomic mass is 10.1. The van der Waals surface area contributed by atoms with E-state index in [9.17, 15) is 5.26 Å². The Morgan fingerprint density at radius 2 is 1.31 bits per heavy atom. The second kappa shape index (κ2) is 5.94. The van der Waals surface area contributed by atoms with Crippen molar-refractivity contribution in [3.63, 3.8) is 0 Å². The smallest absolute Gasteiger partial charge is 0.101 e. The third-order valence-corrected chi connectivity index (χ3v) is 5.77. The van der Waals surface area contributed by atoms with E-state index >= 15 is 0 Å². The van der Waals surface area contributed by atoms with Crippen LogP contribution in [0, 0.1) is 11.3 Å². The number of fused-ring (bicyclic) bond motifs is 3. The first-order valence-electron chi connectivity index (χ1n) is 8.44. The van der Waals surface area contributed by atoms with Crippen LogP contribution in [0.1, 0.15) is 5.56 Å². The van der Waals surface area contributed by atoms with Crippen LogP contribution in [0.15, 0.2) is 94.7 Å². The van der Waals surface area contributed by atoms with Gasteiger partial charge in [0, 0.05) is 9.79 Å². The summed E-state index contributed by atoms with van der Waals surface area (Å²) in [6.07, 6.45) is 0. The Hall–Kier alpha value is -3.22. The highest BCUT2D eigenvalue weighted by Crippen LogP contribution is 2.52. The highest BCUT2D eigenvalue weighted by Gasteiger charge is 2.26. The molecule has 0 aliphatic carbocycles. The number of nitriles is 1. The lowest BCUT2D eigenvalue weighted by Gasteiger charge is -2.33. The van der Waals surface area contributed by atoms with Gasteiger partial charge in [0.05, 0.1) is 22.6 Å². The minimum Gasteiger partial charge on any atom is -0.307 e. The van der Waals surface area contributed by atoms with E-state index in [2.05, 4.69) is 65.6 Å². The molecule has 2 nitrogen and oxygen atoms in total. The predicted octanol–water partition coefficient (Wildman–Crippen LogP) is 6.65. The normalized spacial score (nSPS) is 12.3. The van der Waals surface area contributed by atoms with Gasteiger partial charge < -0.3 is 4.90 Å². The van der Waals surface area contributed by atoms with E-state index in [4.69, 9.17) is 0 Å². The van der Waals surface area contributed by atoms with Crippen molar-refractivity contribution in [1.82, 2.24) is 0 Å². The highest BCUT2D eigenvalue weighted by atomic mass is 32.2. The van der Waals surface area contributed by atoms with Crippen LogP contribution in [-0.4, -0.2) is 0 Å². The van der Waals surface area contributed by atoms with Crippen molar-refractivity contribution < 1.29 is 0 Å². The number of hydrogen-bond acceptors (Lipinski definition) is 3. The molecule has 0 spiro atoms. The Morgan fingerprint density at radius 3 is 2.12 bits per heavy atom. The van der Waals surface area contributed by atoms with Crippen molar-refractivity contribution in [2.75, 3.05) is 4.90 Å². The Bertz CT molecular complexity index is 1190. The monoisotopic (exact) mass is 350 g/mol. The second-order valence-electron chi connectivity index (χ2n) is 6.20. The third kappa shape index (κ3) is 2.28. The van der Waals surface area contributed by atoms with Crippen molar-refractivity contribution in [3.05, 3.63) is 90.5 Å². The predicted molar refractivity (Wildman–Crippen MR) is 107 cm³/mol. The Labute approximate surface area is 156 Å². The topological polar surface area (TPSA) is 27.0 Å². The molecule has 1 aliphatic rings. The van der Waals surface area contributed by atoms with E-state index in [0.717, 1.165) is 17.1 Å². The van der Waals surface area contributed by atoms with Gasteiger partial charge in [-0.25, -0.2) is 0 Å². The molecule has 3 heteroatoms. The highest BCUT2D eigenvalue weighted by molar-refractivity contribution is 7.99. The Balaban J connectivity index is 1.84. The third-order valence-electron chi connectivity index (χ3n) is 4.66. The Kier molecular flexibility index (Phi) is 3.44. The van der Waals surface area contributed by atoms with Crippen LogP contribution in [0.25, 0.3) is 10.8 Å². The molecule has 4 aromatic rings. The van der Waals surface area contributed by atoms with E-state index in [0.29, 0.717) is 5.56 Å². The minimum atomic E-state index is 0.674. The first kappa shape index (κ1) is 15.1. The number of nitrogens with zero attached hydrogens (tertiary/aromatic N) is 2. The minimum absolute atomic E-state index is 0.674. The summed E-state index contributed by atoms with van der Waals surface area (Å²) in [6.45, 7) is 0. The van der Waals surface area contributed by atoms with Crippen molar-refractivity contribution in [2.24, 2.45) is 0 Å². The van der Waals surface area contributed by atoms with Crippen LogP contribution in [-0.2, 0) is 0 Å². The molecule has 1 heterocycles. The summed E-state index contributed by atoms with van der Waals surface area (Å²) in [5.74, 6) is 0. The van der Waals surface area contributed by atoms with Crippen LogP contribution in [0.4, 0.5) is 17.1 Å². The van der Waals surface area contributed by atoms with Crippen LogP contribution >= 0.6 is 11.8 Å². The molecule has 0 amide bonds. The molecule has 0 saturated heterocycles. The molecule has 0 bridgehead atoms. The van der Waals surface area contributed by atoms with Crippen LogP contribution in [0.3, 0.4) is 0 Å². The number of hydrogen-bond donors (Lipinski definition) is 0. The fourth-order valence-electron chi connectivity index (χ4n) is 3.46. The van der Waals surface area contributed by atoms with Gasteiger partial charge in [0.25, 0.3) is 0 Å². The summed E-state index contributed by atoms with van der Waals surface area (Å²) in [4.78, 5) is 4.62. The summed E-state index contributed by atoms with van der Waals surface area (Å²) in [6, 6.07) is 31.4. The molecule has 0 unspecified atom stereocenters. The number of para-hydroxylation sites is 2. The molecule has 0 fully saturated rings. The molecule has 0 aromatic heterocycles. The van der Waals surface area contributed by atoms with Gasteiger partial charge in [-0.05, 0) is 47.2 Å². The van der Waals surface area contributed by atoms with E-state index in [1.54, 1.807) is 11.8 Å². The SMILES string of the molecule is N#Cc1ccccc1N1c2ccccc2Sc2cc3ccccc3cc21. The first-order chi connectivity index (χ1) is 12.8. The van der Waals surface area contributed by atoms with E-state index in [1.807, 2.05) is 30.3 Å². The van der Waals surface area contributed by atoms with Crippen molar-refractivity contribution in [1.29, 1.82) is 5.26 Å². The van der Waals surface area contributed by atoms with Crippen molar-refractivity contribution in [2.45, 2.75) is 9.79 Å².